The minimum atomic E-state index is -1.06. The molecule has 6 N–H and O–H groups in total. The van der Waals surface area contributed by atoms with E-state index in [0.717, 1.165) is 6.07 Å². The third-order valence-electron chi connectivity index (χ3n) is 5.90. The Morgan fingerprint density at radius 1 is 1.16 bits per heavy atom. The number of carbonyl (C=O) groups excluding carboxylic acids is 2. The van der Waals surface area contributed by atoms with Gasteiger partial charge in [-0.25, -0.2) is 0 Å². The number of nitrogens with zero attached hydrogens (tertiary/aromatic N) is 3. The van der Waals surface area contributed by atoms with Crippen molar-refractivity contribution in [1.29, 1.82) is 5.39 Å². The van der Waals surface area contributed by atoms with Crippen molar-refractivity contribution in [3.63, 3.8) is 0 Å². The van der Waals surface area contributed by atoms with E-state index in [1.807, 2.05) is 0 Å². The van der Waals surface area contributed by atoms with Gasteiger partial charge in [-0.1, -0.05) is 0 Å². The summed E-state index contributed by atoms with van der Waals surface area (Å²) < 4.78 is 0. The molecule has 0 saturated heterocycles. The van der Waals surface area contributed by atoms with Gasteiger partial charge in [-0.05, 0) is 23.6 Å². The first-order valence-corrected chi connectivity index (χ1v) is 9.33. The highest BCUT2D eigenvalue weighted by atomic mass is 16.3. The van der Waals surface area contributed by atoms with Crippen LogP contribution in [0.3, 0.4) is 0 Å². The molecular weight excluding hydrogens is 404 g/mol. The van der Waals surface area contributed by atoms with E-state index < -0.39 is 40.4 Å². The van der Waals surface area contributed by atoms with E-state index in [2.05, 4.69) is 4.98 Å². The lowest BCUT2D eigenvalue weighted by Crippen LogP contribution is -2.32. The monoisotopic (exact) mass is 423 g/mol. The summed E-state index contributed by atoms with van der Waals surface area (Å²) in [6.07, 6.45) is 0.0134. The van der Waals surface area contributed by atoms with E-state index in [4.69, 9.17) is 5.73 Å². The number of Topliss-reactive ketones (excluding diaryl/α,β-unsaturated/α-hetero) is 1. The fraction of sp³-hybridized carbons (Fsp3) is 0.238. The summed E-state index contributed by atoms with van der Waals surface area (Å²) in [5.74, 6) is -4.51. The lowest BCUT2D eigenvalue weighted by molar-refractivity contribution is 0.0925. The van der Waals surface area contributed by atoms with Crippen molar-refractivity contribution in [2.75, 3.05) is 19.0 Å². The van der Waals surface area contributed by atoms with E-state index in [9.17, 15) is 35.4 Å². The van der Waals surface area contributed by atoms with Crippen LogP contribution in [0.1, 0.15) is 37.4 Å². The highest BCUT2D eigenvalue weighted by Crippen LogP contribution is 2.50. The van der Waals surface area contributed by atoms with E-state index in [-0.39, 0.29) is 41.0 Å². The molecule has 1 unspecified atom stereocenters. The molecule has 10 heteroatoms. The van der Waals surface area contributed by atoms with Gasteiger partial charge in [-0.3, -0.25) is 9.59 Å². The molecular formula is C21H19N4O6+. The van der Waals surface area contributed by atoms with Crippen LogP contribution in [0.15, 0.2) is 17.7 Å². The summed E-state index contributed by atoms with van der Waals surface area (Å²) in [5.41, 5.74) is 6.03. The van der Waals surface area contributed by atoms with E-state index in [1.54, 1.807) is 19.0 Å². The minimum Gasteiger partial charge on any atom is -0.507 e. The van der Waals surface area contributed by atoms with Crippen LogP contribution >= 0.6 is 0 Å². The van der Waals surface area contributed by atoms with Gasteiger partial charge in [-0.2, -0.15) is 0 Å². The van der Waals surface area contributed by atoms with Gasteiger partial charge in [0.05, 0.1) is 17.5 Å². The lowest BCUT2D eigenvalue weighted by Gasteiger charge is -2.34. The summed E-state index contributed by atoms with van der Waals surface area (Å²) in [4.78, 5) is 29.8. The number of carbonyl (C=O) groups is 2. The Bertz CT molecular complexity index is 1270. The van der Waals surface area contributed by atoms with Crippen LogP contribution in [-0.2, 0) is 12.8 Å². The van der Waals surface area contributed by atoms with Crippen LogP contribution in [-0.4, -0.2) is 46.2 Å². The van der Waals surface area contributed by atoms with Crippen LogP contribution in [0.25, 0.3) is 10.7 Å². The molecule has 0 heterocycles. The Labute approximate surface area is 176 Å². The predicted molar refractivity (Wildman–Crippen MR) is 110 cm³/mol. The number of hydrogen-bond donors (Lipinski definition) is 5. The quantitative estimate of drug-likeness (QED) is 0.458. The molecule has 158 valence electrons. The van der Waals surface area contributed by atoms with Gasteiger partial charge in [0.2, 0.25) is 11.1 Å². The fourth-order valence-electron chi connectivity index (χ4n) is 4.45. The zero-order chi connectivity index (χ0) is 22.8. The highest BCUT2D eigenvalue weighted by Gasteiger charge is 2.43. The van der Waals surface area contributed by atoms with Crippen LogP contribution in [0.4, 0.5) is 11.4 Å². The molecule has 0 saturated carbocycles. The molecule has 2 aromatic rings. The Hall–Kier alpha value is -4.26. The Kier molecular flexibility index (Phi) is 4.29. The number of aliphatic hydroxyl groups excluding tert-OH is 1. The number of hydrogen-bond acceptors (Lipinski definition) is 8. The molecule has 0 fully saturated rings. The molecule has 4 rings (SSSR count). The molecule has 1 amide bonds. The molecule has 2 aliphatic carbocycles. The third kappa shape index (κ3) is 2.67. The van der Waals surface area contributed by atoms with Crippen LogP contribution < -0.4 is 10.6 Å². The zero-order valence-corrected chi connectivity index (χ0v) is 16.7. The number of diazo groups is 1. The smallest absolute Gasteiger partial charge is 0.428 e. The Morgan fingerprint density at radius 2 is 1.84 bits per heavy atom. The van der Waals surface area contributed by atoms with Crippen LogP contribution in [0, 0.1) is 11.3 Å². The number of aliphatic hydroxyl groups is 1. The van der Waals surface area contributed by atoms with Gasteiger partial charge in [0.15, 0.2) is 10.8 Å². The average molecular weight is 423 g/mol. The van der Waals surface area contributed by atoms with Crippen molar-refractivity contribution in [3.8, 4) is 17.2 Å². The molecule has 0 bridgehead atoms. The maximum Gasteiger partial charge on any atom is 0.428 e. The SMILES string of the molecule is CN(C)c1cc([N+]#N)c(O)c2c1CC1=C(O)c3cc(O)c(C(N)=O)c(O)c3CC1C2=O. The first-order valence-electron chi connectivity index (χ1n) is 9.33. The van der Waals surface area contributed by atoms with E-state index in [1.165, 1.54) is 6.07 Å². The number of anilines is 1. The number of phenols is 3. The Morgan fingerprint density at radius 3 is 2.42 bits per heavy atom. The van der Waals surface area contributed by atoms with Gasteiger partial charge in [0.25, 0.3) is 5.91 Å². The maximum absolute atomic E-state index is 13.4. The number of nitrogens with two attached hydrogens (primary N) is 1. The molecule has 0 spiro atoms. The zero-order valence-electron chi connectivity index (χ0n) is 16.7. The van der Waals surface area contributed by atoms with Gasteiger partial charge in [0, 0.05) is 37.3 Å². The normalized spacial score (nSPS) is 16.8. The fourth-order valence-corrected chi connectivity index (χ4v) is 4.45. The summed E-state index contributed by atoms with van der Waals surface area (Å²) in [5, 5.41) is 51.4. The van der Waals surface area contributed by atoms with Gasteiger partial charge in [0.1, 0.15) is 22.8 Å². The maximum atomic E-state index is 13.4. The topological polar surface area (TPSA) is 172 Å². The third-order valence-corrected chi connectivity index (χ3v) is 5.90. The standard InChI is InChI=1S/C21H18N4O6/c1-25(2)13-6-12(24-23)20(30)15-11(13)4-7-8(18(15)28)3-9-10(17(7)27)5-14(26)16(19(9)29)21(22)31/h5-6,8H,3-4H2,1-2H3,(H5-,22,26,27,28,29,30,31)/p+1. The van der Waals surface area contributed by atoms with Crippen molar-refractivity contribution < 1.29 is 30.0 Å². The van der Waals surface area contributed by atoms with Crippen molar-refractivity contribution in [2.24, 2.45) is 11.7 Å². The van der Waals surface area contributed by atoms with Crippen molar-refractivity contribution in [1.82, 2.24) is 0 Å². The molecule has 0 aromatic heterocycles. The second-order valence-corrected chi connectivity index (χ2v) is 7.79. The van der Waals surface area contributed by atoms with Crippen molar-refractivity contribution in [3.05, 3.63) is 50.5 Å². The van der Waals surface area contributed by atoms with Crippen LogP contribution in [0.2, 0.25) is 0 Å². The molecule has 2 aromatic carbocycles. The molecule has 10 nitrogen and oxygen atoms in total. The summed E-state index contributed by atoms with van der Waals surface area (Å²) >= 11 is 0. The Balaban J connectivity index is 1.99. The van der Waals surface area contributed by atoms with Gasteiger partial charge in [-0.15, -0.1) is 0 Å². The lowest BCUT2D eigenvalue weighted by atomic mass is 9.70. The molecule has 0 radical (unpaired) electrons. The molecule has 2 aliphatic rings. The number of fused-ring (bicyclic) bond motifs is 3. The summed E-state index contributed by atoms with van der Waals surface area (Å²) in [6, 6.07) is 2.55. The highest BCUT2D eigenvalue weighted by molar-refractivity contribution is 6.09. The number of primary amides is 1. The van der Waals surface area contributed by atoms with E-state index >= 15 is 0 Å². The summed E-state index contributed by atoms with van der Waals surface area (Å²) in [6.45, 7) is 0. The second-order valence-electron chi connectivity index (χ2n) is 7.79. The number of benzene rings is 2. The number of aromatic hydroxyl groups is 3. The van der Waals surface area contributed by atoms with Gasteiger partial charge >= 0.3 is 5.69 Å². The van der Waals surface area contributed by atoms with Crippen LogP contribution in [0.5, 0.6) is 17.2 Å². The minimum absolute atomic E-state index is 0.0302. The number of allylic oxidation sites excluding steroid dienone is 1. The largest absolute Gasteiger partial charge is 0.507 e. The predicted octanol–water partition coefficient (Wildman–Crippen LogP) is 2.33. The average Bonchev–Trinajstić information content (AvgIpc) is 2.69. The van der Waals surface area contributed by atoms with Crippen molar-refractivity contribution >= 4 is 28.8 Å². The number of phenolic OH excluding ortho intramolecular Hbond substituents is 1. The second kappa shape index (κ2) is 6.63. The first-order chi connectivity index (χ1) is 14.6. The first kappa shape index (κ1) is 20.0. The molecule has 1 atom stereocenters. The number of ketones is 1. The van der Waals surface area contributed by atoms with E-state index in [0.29, 0.717) is 16.8 Å². The molecule has 0 aliphatic heterocycles. The summed E-state index contributed by atoms with van der Waals surface area (Å²) in [7, 11) is 3.44. The molecule has 31 heavy (non-hydrogen) atoms. The number of rotatable bonds is 2. The van der Waals surface area contributed by atoms with Crippen molar-refractivity contribution in [2.45, 2.75) is 12.8 Å². The number of amides is 1. The van der Waals surface area contributed by atoms with Gasteiger partial charge < -0.3 is 31.1 Å².